The van der Waals surface area contributed by atoms with Crippen LogP contribution in [0.5, 0.6) is 0 Å². The first kappa shape index (κ1) is 19.5. The lowest BCUT2D eigenvalue weighted by Gasteiger charge is -2.27. The molecule has 1 fully saturated rings. The van der Waals surface area contributed by atoms with Crippen LogP contribution in [-0.2, 0) is 21.0 Å². The molecule has 0 atom stereocenters. The van der Waals surface area contributed by atoms with Crippen LogP contribution in [0.25, 0.3) is 0 Å². The Morgan fingerprint density at radius 2 is 1.89 bits per heavy atom. The SMILES string of the molecule is CCc1cc(NCCS(=O)(=O)c2ccc(F)cc2)nc(N2CCOCC2)n1. The second-order valence-electron chi connectivity index (χ2n) is 6.20. The van der Waals surface area contributed by atoms with E-state index in [9.17, 15) is 12.8 Å². The van der Waals surface area contributed by atoms with E-state index in [2.05, 4.69) is 20.2 Å². The molecular weight excluding hydrogens is 371 g/mol. The average molecular weight is 394 g/mol. The molecule has 0 amide bonds. The lowest BCUT2D eigenvalue weighted by atomic mass is 10.3. The highest BCUT2D eigenvalue weighted by molar-refractivity contribution is 7.91. The number of rotatable bonds is 7. The summed E-state index contributed by atoms with van der Waals surface area (Å²) < 4.78 is 43.0. The van der Waals surface area contributed by atoms with Crippen LogP contribution in [-0.4, -0.2) is 57.0 Å². The molecule has 1 aliphatic heterocycles. The number of hydrogen-bond donors (Lipinski definition) is 1. The topological polar surface area (TPSA) is 84.4 Å². The number of ether oxygens (including phenoxy) is 1. The number of hydrogen-bond acceptors (Lipinski definition) is 7. The van der Waals surface area contributed by atoms with Crippen molar-refractivity contribution in [2.24, 2.45) is 0 Å². The minimum Gasteiger partial charge on any atom is -0.378 e. The largest absolute Gasteiger partial charge is 0.378 e. The molecule has 146 valence electrons. The number of halogens is 1. The Morgan fingerprint density at radius 1 is 1.19 bits per heavy atom. The third kappa shape index (κ3) is 5.14. The molecule has 2 aromatic rings. The standard InChI is InChI=1S/C18H23FN4O3S/c1-2-15-13-17(22-18(21-15)23-8-10-26-11-9-23)20-7-12-27(24,25)16-5-3-14(19)4-6-16/h3-6,13H,2,7-12H2,1H3,(H,20,21,22). The van der Waals surface area contributed by atoms with Gasteiger partial charge < -0.3 is 15.0 Å². The second-order valence-corrected chi connectivity index (χ2v) is 8.31. The predicted molar refractivity (Wildman–Crippen MR) is 101 cm³/mol. The van der Waals surface area contributed by atoms with Gasteiger partial charge in [-0.2, -0.15) is 4.98 Å². The molecule has 0 aliphatic carbocycles. The number of sulfone groups is 1. The maximum atomic E-state index is 13.0. The van der Waals surface area contributed by atoms with E-state index in [4.69, 9.17) is 4.74 Å². The van der Waals surface area contributed by atoms with Crippen molar-refractivity contribution < 1.29 is 17.5 Å². The number of benzene rings is 1. The number of aromatic nitrogens is 2. The predicted octanol–water partition coefficient (Wildman–Crippen LogP) is 1.90. The summed E-state index contributed by atoms with van der Waals surface area (Å²) in [5.74, 6) is 0.645. The first-order chi connectivity index (χ1) is 13.0. The lowest BCUT2D eigenvalue weighted by molar-refractivity contribution is 0.122. The average Bonchev–Trinajstić information content (AvgIpc) is 2.68. The molecule has 0 unspecified atom stereocenters. The number of anilines is 2. The van der Waals surface area contributed by atoms with E-state index < -0.39 is 15.7 Å². The van der Waals surface area contributed by atoms with Gasteiger partial charge in [-0.1, -0.05) is 6.92 Å². The quantitative estimate of drug-likeness (QED) is 0.718. The van der Waals surface area contributed by atoms with Crippen molar-refractivity contribution in [3.8, 4) is 0 Å². The van der Waals surface area contributed by atoms with Crippen LogP contribution in [0.3, 0.4) is 0 Å². The molecule has 0 radical (unpaired) electrons. The van der Waals surface area contributed by atoms with Crippen molar-refractivity contribution in [2.45, 2.75) is 18.2 Å². The van der Waals surface area contributed by atoms with Crippen LogP contribution >= 0.6 is 0 Å². The maximum Gasteiger partial charge on any atom is 0.227 e. The van der Waals surface area contributed by atoms with Crippen LogP contribution in [0.15, 0.2) is 35.2 Å². The van der Waals surface area contributed by atoms with Crippen molar-refractivity contribution in [1.82, 2.24) is 9.97 Å². The van der Waals surface area contributed by atoms with Crippen LogP contribution in [0, 0.1) is 5.82 Å². The molecule has 0 spiro atoms. The Labute approximate surface area is 158 Å². The summed E-state index contributed by atoms with van der Waals surface area (Å²) in [6.45, 7) is 4.94. The Hall–Kier alpha value is -2.26. The first-order valence-electron chi connectivity index (χ1n) is 8.91. The van der Waals surface area contributed by atoms with Gasteiger partial charge in [-0.05, 0) is 30.7 Å². The molecule has 9 heteroatoms. The highest BCUT2D eigenvalue weighted by atomic mass is 32.2. The van der Waals surface area contributed by atoms with E-state index in [1.807, 2.05) is 13.0 Å². The fraction of sp³-hybridized carbons (Fsp3) is 0.444. The summed E-state index contributed by atoms with van der Waals surface area (Å²) in [5.41, 5.74) is 0.885. The molecule has 0 saturated carbocycles. The number of aryl methyl sites for hydroxylation is 1. The molecule has 7 nitrogen and oxygen atoms in total. The van der Waals surface area contributed by atoms with Gasteiger partial charge in [-0.15, -0.1) is 0 Å². The van der Waals surface area contributed by atoms with Gasteiger partial charge >= 0.3 is 0 Å². The van der Waals surface area contributed by atoms with Crippen LogP contribution < -0.4 is 10.2 Å². The molecule has 2 heterocycles. The zero-order valence-corrected chi connectivity index (χ0v) is 16.0. The van der Waals surface area contributed by atoms with E-state index in [1.165, 1.54) is 12.1 Å². The first-order valence-corrected chi connectivity index (χ1v) is 10.6. The molecule has 1 aliphatic rings. The summed E-state index contributed by atoms with van der Waals surface area (Å²) in [4.78, 5) is 11.2. The Kier molecular flexibility index (Phi) is 6.22. The molecule has 3 rings (SSSR count). The number of nitrogens with zero attached hydrogens (tertiary/aromatic N) is 3. The van der Waals surface area contributed by atoms with E-state index in [1.54, 1.807) is 0 Å². The van der Waals surface area contributed by atoms with E-state index in [0.29, 0.717) is 25.0 Å². The molecular formula is C18H23FN4O3S. The number of morpholine rings is 1. The molecule has 1 aromatic carbocycles. The number of nitrogens with one attached hydrogen (secondary N) is 1. The Morgan fingerprint density at radius 3 is 2.56 bits per heavy atom. The van der Waals surface area contributed by atoms with Crippen LogP contribution in [0.4, 0.5) is 16.2 Å². The fourth-order valence-electron chi connectivity index (χ4n) is 2.73. The van der Waals surface area contributed by atoms with Crippen molar-refractivity contribution in [2.75, 3.05) is 48.8 Å². The van der Waals surface area contributed by atoms with Gasteiger partial charge in [0.25, 0.3) is 0 Å². The summed E-state index contributed by atoms with van der Waals surface area (Å²) in [6, 6.07) is 6.68. The minimum absolute atomic E-state index is 0.108. The Balaban J connectivity index is 1.67. The molecule has 1 N–H and O–H groups in total. The zero-order chi connectivity index (χ0) is 19.3. The van der Waals surface area contributed by atoms with Gasteiger partial charge in [0.1, 0.15) is 11.6 Å². The van der Waals surface area contributed by atoms with Gasteiger partial charge in [0.05, 0.1) is 23.9 Å². The molecule has 0 bridgehead atoms. The maximum absolute atomic E-state index is 13.0. The second kappa shape index (κ2) is 8.62. The van der Waals surface area contributed by atoms with Gasteiger partial charge in [-0.3, -0.25) is 0 Å². The zero-order valence-electron chi connectivity index (χ0n) is 15.2. The van der Waals surface area contributed by atoms with Crippen molar-refractivity contribution in [3.05, 3.63) is 41.8 Å². The van der Waals surface area contributed by atoms with Crippen LogP contribution in [0.1, 0.15) is 12.6 Å². The van der Waals surface area contributed by atoms with Gasteiger partial charge in [0.2, 0.25) is 5.95 Å². The van der Waals surface area contributed by atoms with E-state index >= 15 is 0 Å². The van der Waals surface area contributed by atoms with Gasteiger partial charge in [0.15, 0.2) is 9.84 Å². The minimum atomic E-state index is -3.49. The fourth-order valence-corrected chi connectivity index (χ4v) is 3.89. The molecule has 1 aromatic heterocycles. The van der Waals surface area contributed by atoms with Crippen molar-refractivity contribution in [1.29, 1.82) is 0 Å². The molecule has 27 heavy (non-hydrogen) atoms. The smallest absolute Gasteiger partial charge is 0.227 e. The summed E-state index contributed by atoms with van der Waals surface area (Å²) in [5, 5.41) is 3.07. The Bertz CT molecular complexity index is 869. The van der Waals surface area contributed by atoms with Gasteiger partial charge in [-0.25, -0.2) is 17.8 Å². The summed E-state index contributed by atoms with van der Waals surface area (Å²) >= 11 is 0. The van der Waals surface area contributed by atoms with Crippen molar-refractivity contribution in [3.63, 3.8) is 0 Å². The highest BCUT2D eigenvalue weighted by Gasteiger charge is 2.17. The van der Waals surface area contributed by atoms with Gasteiger partial charge in [0, 0.05) is 31.4 Å². The summed E-state index contributed by atoms with van der Waals surface area (Å²) in [7, 11) is -3.49. The normalized spacial score (nSPS) is 15.0. The van der Waals surface area contributed by atoms with Crippen LogP contribution in [0.2, 0.25) is 0 Å². The third-order valence-corrected chi connectivity index (χ3v) is 6.01. The van der Waals surface area contributed by atoms with E-state index in [-0.39, 0.29) is 17.2 Å². The third-order valence-electron chi connectivity index (χ3n) is 4.27. The van der Waals surface area contributed by atoms with Crippen molar-refractivity contribution >= 4 is 21.6 Å². The molecule has 1 saturated heterocycles. The lowest BCUT2D eigenvalue weighted by Crippen LogP contribution is -2.37. The highest BCUT2D eigenvalue weighted by Crippen LogP contribution is 2.17. The monoisotopic (exact) mass is 394 g/mol. The summed E-state index contributed by atoms with van der Waals surface area (Å²) in [6.07, 6.45) is 0.752. The van der Waals surface area contributed by atoms with E-state index in [0.717, 1.165) is 37.3 Å².